The molecule has 1 amide bonds. The van der Waals surface area contributed by atoms with Gasteiger partial charge < -0.3 is 15.5 Å². The van der Waals surface area contributed by atoms with Crippen LogP contribution in [0.2, 0.25) is 5.02 Å². The molecule has 1 aliphatic heterocycles. The van der Waals surface area contributed by atoms with Gasteiger partial charge in [-0.3, -0.25) is 4.79 Å². The van der Waals surface area contributed by atoms with Crippen molar-refractivity contribution < 1.29 is 9.53 Å². The summed E-state index contributed by atoms with van der Waals surface area (Å²) >= 11 is 5.99. The van der Waals surface area contributed by atoms with Crippen molar-refractivity contribution in [2.75, 3.05) is 18.6 Å². The third-order valence-corrected chi connectivity index (χ3v) is 3.47. The zero-order valence-corrected chi connectivity index (χ0v) is 11.4. The van der Waals surface area contributed by atoms with Gasteiger partial charge >= 0.3 is 0 Å². The van der Waals surface area contributed by atoms with E-state index >= 15 is 0 Å². The predicted octanol–water partition coefficient (Wildman–Crippen LogP) is 1.18. The molecular formula is C12H17ClN4O2. The average molecular weight is 285 g/mol. The summed E-state index contributed by atoms with van der Waals surface area (Å²) < 4.78 is 5.34. The summed E-state index contributed by atoms with van der Waals surface area (Å²) in [5.74, 6) is 5.65. The zero-order valence-electron chi connectivity index (χ0n) is 10.6. The minimum absolute atomic E-state index is 0.0774. The van der Waals surface area contributed by atoms with Crippen LogP contribution in [0.5, 0.6) is 0 Å². The highest BCUT2D eigenvalue weighted by Gasteiger charge is 2.25. The Balaban J connectivity index is 2.10. The Morgan fingerprint density at radius 2 is 2.37 bits per heavy atom. The lowest BCUT2D eigenvalue weighted by molar-refractivity contribution is 0.0374. The molecule has 4 N–H and O–H groups in total. The Kier molecular flexibility index (Phi) is 4.57. The second kappa shape index (κ2) is 6.18. The van der Waals surface area contributed by atoms with Crippen LogP contribution in [0.4, 0.5) is 5.82 Å². The number of hydrogen-bond donors (Lipinski definition) is 3. The number of nitrogen functional groups attached to an aromatic ring is 1. The fourth-order valence-electron chi connectivity index (χ4n) is 2.01. The first-order chi connectivity index (χ1) is 9.11. The number of amides is 1. The summed E-state index contributed by atoms with van der Waals surface area (Å²) in [4.78, 5) is 16.2. The van der Waals surface area contributed by atoms with Gasteiger partial charge in [0, 0.05) is 12.6 Å². The van der Waals surface area contributed by atoms with Gasteiger partial charge in [-0.05, 0) is 24.5 Å². The van der Waals surface area contributed by atoms with Gasteiger partial charge in [0.25, 0.3) is 5.91 Å². The smallest absolute Gasteiger partial charge is 0.271 e. The summed E-state index contributed by atoms with van der Waals surface area (Å²) in [6, 6.07) is 3.27. The van der Waals surface area contributed by atoms with Crippen molar-refractivity contribution >= 4 is 23.3 Å². The van der Waals surface area contributed by atoms with Crippen molar-refractivity contribution in [1.29, 1.82) is 0 Å². The molecule has 0 bridgehead atoms. The number of carbonyl (C=O) groups is 1. The molecule has 0 aromatic carbocycles. The maximum atomic E-state index is 12.2. The number of hydrogen-bond acceptors (Lipinski definition) is 5. The molecule has 7 heteroatoms. The number of halogens is 1. The molecular weight excluding hydrogens is 268 g/mol. The van der Waals surface area contributed by atoms with Gasteiger partial charge in [0.15, 0.2) is 0 Å². The Hall–Kier alpha value is -1.37. The molecule has 2 atom stereocenters. The molecule has 0 spiro atoms. The summed E-state index contributed by atoms with van der Waals surface area (Å²) in [5.41, 5.74) is 2.57. The number of aromatic nitrogens is 1. The lowest BCUT2D eigenvalue weighted by Gasteiger charge is -2.29. The lowest BCUT2D eigenvalue weighted by atomic mass is 9.98. The lowest BCUT2D eigenvalue weighted by Crippen LogP contribution is -2.44. The van der Waals surface area contributed by atoms with Crippen LogP contribution in [0, 0.1) is 5.92 Å². The molecule has 19 heavy (non-hydrogen) atoms. The molecule has 2 heterocycles. The first-order valence-corrected chi connectivity index (χ1v) is 6.51. The molecule has 6 nitrogen and oxygen atoms in total. The fraction of sp³-hybridized carbons (Fsp3) is 0.500. The van der Waals surface area contributed by atoms with E-state index in [-0.39, 0.29) is 23.6 Å². The number of nitrogens with one attached hydrogen (secondary N) is 2. The molecule has 2 rings (SSSR count). The van der Waals surface area contributed by atoms with Gasteiger partial charge in [-0.15, -0.1) is 0 Å². The first kappa shape index (κ1) is 14.0. The Bertz CT molecular complexity index is 469. The van der Waals surface area contributed by atoms with Gasteiger partial charge in [-0.2, -0.15) is 0 Å². The maximum absolute atomic E-state index is 12.2. The summed E-state index contributed by atoms with van der Waals surface area (Å²) in [6.45, 7) is 3.34. The third-order valence-electron chi connectivity index (χ3n) is 3.17. The van der Waals surface area contributed by atoms with Crippen molar-refractivity contribution in [1.82, 2.24) is 10.3 Å². The minimum Gasteiger partial charge on any atom is -0.381 e. The molecule has 1 aromatic heterocycles. The molecule has 1 aliphatic rings. The topological polar surface area (TPSA) is 89.3 Å². The predicted molar refractivity (Wildman–Crippen MR) is 72.9 cm³/mol. The van der Waals surface area contributed by atoms with Crippen molar-refractivity contribution in [3.63, 3.8) is 0 Å². The number of ether oxygens (including phenoxy) is 1. The van der Waals surface area contributed by atoms with E-state index in [9.17, 15) is 4.79 Å². The van der Waals surface area contributed by atoms with Crippen LogP contribution < -0.4 is 16.6 Å². The quantitative estimate of drug-likeness (QED) is 0.573. The van der Waals surface area contributed by atoms with E-state index in [1.165, 1.54) is 0 Å². The summed E-state index contributed by atoms with van der Waals surface area (Å²) in [6.07, 6.45) is 0.791. The number of pyridine rings is 1. The third kappa shape index (κ3) is 3.34. The highest BCUT2D eigenvalue weighted by atomic mass is 35.5. The number of nitrogens with zero attached hydrogens (tertiary/aromatic N) is 1. The fourth-order valence-corrected chi connectivity index (χ4v) is 2.20. The number of nitrogens with two attached hydrogens (primary N) is 1. The van der Waals surface area contributed by atoms with E-state index in [2.05, 4.69) is 15.7 Å². The van der Waals surface area contributed by atoms with Gasteiger partial charge in [-0.25, -0.2) is 10.8 Å². The van der Waals surface area contributed by atoms with E-state index in [0.29, 0.717) is 24.1 Å². The Morgan fingerprint density at radius 1 is 1.58 bits per heavy atom. The SMILES string of the molecule is CC1COCCC1NC(=O)c1nc(NN)ccc1Cl. The van der Waals surface area contributed by atoms with Crippen LogP contribution in [0.3, 0.4) is 0 Å². The second-order valence-electron chi connectivity index (χ2n) is 4.59. The van der Waals surface area contributed by atoms with Crippen LogP contribution in [0.1, 0.15) is 23.8 Å². The molecule has 104 valence electrons. The largest absolute Gasteiger partial charge is 0.381 e. The number of rotatable bonds is 3. The van der Waals surface area contributed by atoms with Crippen LogP contribution in [0.15, 0.2) is 12.1 Å². The van der Waals surface area contributed by atoms with Gasteiger partial charge in [-0.1, -0.05) is 18.5 Å². The van der Waals surface area contributed by atoms with E-state index in [1.807, 2.05) is 6.92 Å². The van der Waals surface area contributed by atoms with Crippen molar-refractivity contribution in [3.05, 3.63) is 22.8 Å². The summed E-state index contributed by atoms with van der Waals surface area (Å²) in [7, 11) is 0. The molecule has 2 unspecified atom stereocenters. The van der Waals surface area contributed by atoms with Crippen molar-refractivity contribution in [2.24, 2.45) is 11.8 Å². The molecule has 1 saturated heterocycles. The van der Waals surface area contributed by atoms with Crippen LogP contribution in [-0.2, 0) is 4.74 Å². The normalized spacial score (nSPS) is 22.9. The molecule has 0 aliphatic carbocycles. The molecule has 1 fully saturated rings. The average Bonchev–Trinajstić information content (AvgIpc) is 2.42. The van der Waals surface area contributed by atoms with Crippen LogP contribution >= 0.6 is 11.6 Å². The first-order valence-electron chi connectivity index (χ1n) is 6.13. The standard InChI is InChI=1S/C12H17ClN4O2/c1-7-6-19-5-4-9(7)15-12(18)11-8(13)2-3-10(16-11)17-14/h2-3,7,9H,4-6,14H2,1H3,(H,15,18)(H,16,17). The van der Waals surface area contributed by atoms with Gasteiger partial charge in [0.1, 0.15) is 11.5 Å². The molecule has 1 aromatic rings. The van der Waals surface area contributed by atoms with E-state index in [0.717, 1.165) is 6.42 Å². The maximum Gasteiger partial charge on any atom is 0.271 e. The Labute approximate surface area is 116 Å². The van der Waals surface area contributed by atoms with Crippen LogP contribution in [0.25, 0.3) is 0 Å². The van der Waals surface area contributed by atoms with Crippen molar-refractivity contribution in [3.8, 4) is 0 Å². The zero-order chi connectivity index (χ0) is 13.8. The van der Waals surface area contributed by atoms with E-state index in [1.54, 1.807) is 12.1 Å². The second-order valence-corrected chi connectivity index (χ2v) is 5.00. The van der Waals surface area contributed by atoms with Gasteiger partial charge in [0.05, 0.1) is 11.6 Å². The molecule has 0 saturated carbocycles. The summed E-state index contributed by atoms with van der Waals surface area (Å²) in [5, 5.41) is 3.24. The molecule has 0 radical (unpaired) electrons. The van der Waals surface area contributed by atoms with Crippen LogP contribution in [-0.4, -0.2) is 30.1 Å². The number of hydrazine groups is 1. The van der Waals surface area contributed by atoms with Gasteiger partial charge in [0.2, 0.25) is 0 Å². The number of anilines is 1. The van der Waals surface area contributed by atoms with E-state index in [4.69, 9.17) is 22.2 Å². The van der Waals surface area contributed by atoms with E-state index < -0.39 is 0 Å². The Morgan fingerprint density at radius 3 is 3.05 bits per heavy atom. The number of carbonyl (C=O) groups excluding carboxylic acids is 1. The van der Waals surface area contributed by atoms with Crippen molar-refractivity contribution in [2.45, 2.75) is 19.4 Å². The minimum atomic E-state index is -0.291. The highest BCUT2D eigenvalue weighted by Crippen LogP contribution is 2.18. The monoisotopic (exact) mass is 284 g/mol. The highest BCUT2D eigenvalue weighted by molar-refractivity contribution is 6.33.